The van der Waals surface area contributed by atoms with Crippen LogP contribution in [0.5, 0.6) is 5.88 Å². The normalized spacial score (nSPS) is 12.0. The maximum atomic E-state index is 13.2. The number of thiazole rings is 1. The number of hydrogen-bond acceptors (Lipinski definition) is 7. The molecule has 0 saturated carbocycles. The molecule has 1 amide bonds. The van der Waals surface area contributed by atoms with E-state index in [0.29, 0.717) is 5.56 Å². The van der Waals surface area contributed by atoms with E-state index >= 15 is 0 Å². The summed E-state index contributed by atoms with van der Waals surface area (Å²) in [5.74, 6) is -2.11. The number of aromatic hydroxyl groups is 1. The van der Waals surface area contributed by atoms with Crippen LogP contribution in [-0.2, 0) is 9.53 Å². The highest BCUT2D eigenvalue weighted by atomic mass is 32.1. The molecule has 2 heterocycles. The van der Waals surface area contributed by atoms with Crippen LogP contribution in [0.25, 0.3) is 11.3 Å². The summed E-state index contributed by atoms with van der Waals surface area (Å²) in [5, 5.41) is 14.9. The monoisotopic (exact) mass is 448 g/mol. The van der Waals surface area contributed by atoms with Crippen LogP contribution in [0.3, 0.4) is 0 Å². The minimum absolute atomic E-state index is 0.00754. The molecule has 3 aromatic rings. The summed E-state index contributed by atoms with van der Waals surface area (Å²) in [5.41, 5.74) is -0.176. The van der Waals surface area contributed by atoms with Gasteiger partial charge in [-0.15, -0.1) is 11.3 Å². The van der Waals surface area contributed by atoms with Crippen LogP contribution in [0.1, 0.15) is 36.8 Å². The van der Waals surface area contributed by atoms with E-state index in [2.05, 4.69) is 20.0 Å². The van der Waals surface area contributed by atoms with Gasteiger partial charge in [-0.3, -0.25) is 9.36 Å². The summed E-state index contributed by atoms with van der Waals surface area (Å²) < 4.78 is 18.8. The Bertz CT molecular complexity index is 1150. The lowest BCUT2D eigenvalue weighted by Gasteiger charge is -2.19. The molecule has 2 aromatic heterocycles. The Kier molecular flexibility index (Phi) is 6.54. The fraction of sp³-hybridized carbons (Fsp3) is 0.300. The lowest BCUT2D eigenvalue weighted by Crippen LogP contribution is -2.33. The van der Waals surface area contributed by atoms with Crippen molar-refractivity contribution in [1.82, 2.24) is 14.5 Å². The van der Waals surface area contributed by atoms with Crippen molar-refractivity contribution in [2.75, 3.05) is 12.4 Å². The molecule has 0 aliphatic heterocycles. The number of imidazole rings is 1. The number of ether oxygens (including phenoxy) is 1. The molecule has 3 rings (SSSR count). The van der Waals surface area contributed by atoms with Crippen molar-refractivity contribution in [2.45, 2.75) is 26.3 Å². The minimum Gasteiger partial charge on any atom is -0.493 e. The average molecular weight is 448 g/mol. The first kappa shape index (κ1) is 22.2. The molecule has 1 aromatic carbocycles. The summed E-state index contributed by atoms with van der Waals surface area (Å²) in [6.07, 6.45) is 0.245. The highest BCUT2D eigenvalue weighted by molar-refractivity contribution is 7.14. The number of rotatable bonds is 7. The number of amides is 1. The number of carbonyl (C=O) groups is 2. The largest absolute Gasteiger partial charge is 0.493 e. The van der Waals surface area contributed by atoms with Crippen molar-refractivity contribution in [3.05, 3.63) is 51.6 Å². The van der Waals surface area contributed by atoms with E-state index < -0.39 is 35.3 Å². The quantitative estimate of drug-likeness (QED) is 0.477. The van der Waals surface area contributed by atoms with Gasteiger partial charge in [-0.1, -0.05) is 13.8 Å². The highest BCUT2D eigenvalue weighted by Crippen LogP contribution is 2.31. The van der Waals surface area contributed by atoms with Gasteiger partial charge in [-0.05, 0) is 36.6 Å². The fourth-order valence-electron chi connectivity index (χ4n) is 3.04. The van der Waals surface area contributed by atoms with E-state index in [1.54, 1.807) is 0 Å². The number of nitrogens with one attached hydrogen (secondary N) is 2. The summed E-state index contributed by atoms with van der Waals surface area (Å²) in [4.78, 5) is 43.7. The van der Waals surface area contributed by atoms with Gasteiger partial charge in [0.25, 0.3) is 0 Å². The van der Waals surface area contributed by atoms with Crippen LogP contribution in [0.15, 0.2) is 34.4 Å². The first-order valence-electron chi connectivity index (χ1n) is 9.35. The van der Waals surface area contributed by atoms with E-state index in [4.69, 9.17) is 0 Å². The zero-order valence-electron chi connectivity index (χ0n) is 17.0. The third-order valence-corrected chi connectivity index (χ3v) is 5.23. The molecule has 0 unspecified atom stereocenters. The zero-order chi connectivity index (χ0) is 22.7. The van der Waals surface area contributed by atoms with E-state index in [9.17, 15) is 23.9 Å². The van der Waals surface area contributed by atoms with Crippen LogP contribution < -0.4 is 11.0 Å². The first-order chi connectivity index (χ1) is 14.7. The summed E-state index contributed by atoms with van der Waals surface area (Å²) in [7, 11) is 1.22. The van der Waals surface area contributed by atoms with Gasteiger partial charge >= 0.3 is 11.7 Å². The molecular formula is C20H21FN4O5S. The Balaban J connectivity index is 1.94. The topological polar surface area (TPSA) is 126 Å². The lowest BCUT2D eigenvalue weighted by molar-refractivity contribution is -0.119. The summed E-state index contributed by atoms with van der Waals surface area (Å²) >= 11 is 1.03. The molecule has 0 radical (unpaired) electrons. The smallest absolute Gasteiger partial charge is 0.357 e. The lowest BCUT2D eigenvalue weighted by atomic mass is 10.0. The van der Waals surface area contributed by atoms with E-state index in [0.717, 1.165) is 15.9 Å². The van der Waals surface area contributed by atoms with E-state index in [1.165, 1.54) is 36.8 Å². The van der Waals surface area contributed by atoms with Crippen molar-refractivity contribution in [3.63, 3.8) is 0 Å². The van der Waals surface area contributed by atoms with Crippen LogP contribution in [0, 0.1) is 11.7 Å². The number of methoxy groups -OCH3 is 1. The second-order valence-electron chi connectivity index (χ2n) is 7.17. The molecule has 31 heavy (non-hydrogen) atoms. The molecule has 0 spiro atoms. The SMILES string of the molecule is COC(=O)c1csc(NC(=O)[C@H](CC(C)C)n2c(O)c(-c3ccc(F)cc3)[nH]c2=O)n1. The first-order valence-corrected chi connectivity index (χ1v) is 10.2. The number of benzene rings is 1. The third-order valence-electron chi connectivity index (χ3n) is 4.47. The highest BCUT2D eigenvalue weighted by Gasteiger charge is 2.29. The van der Waals surface area contributed by atoms with Gasteiger partial charge in [0, 0.05) is 10.9 Å². The van der Waals surface area contributed by atoms with Crippen LogP contribution >= 0.6 is 11.3 Å². The second kappa shape index (κ2) is 9.13. The number of aromatic nitrogens is 3. The van der Waals surface area contributed by atoms with Gasteiger partial charge < -0.3 is 20.1 Å². The van der Waals surface area contributed by atoms with Gasteiger partial charge in [0.05, 0.1) is 7.11 Å². The summed E-state index contributed by atoms with van der Waals surface area (Å²) in [6, 6.07) is 4.16. The van der Waals surface area contributed by atoms with E-state index in [-0.39, 0.29) is 28.9 Å². The van der Waals surface area contributed by atoms with Crippen LogP contribution in [0.4, 0.5) is 9.52 Å². The predicted octanol–water partition coefficient (Wildman–Crippen LogP) is 3.16. The fourth-order valence-corrected chi connectivity index (χ4v) is 3.72. The number of H-pyrrole nitrogens is 1. The maximum Gasteiger partial charge on any atom is 0.357 e. The van der Waals surface area contributed by atoms with Gasteiger partial charge in [0.15, 0.2) is 10.8 Å². The third kappa shape index (κ3) is 4.82. The van der Waals surface area contributed by atoms with Gasteiger partial charge in [-0.2, -0.15) is 0 Å². The molecule has 0 fully saturated rings. The molecule has 0 aliphatic carbocycles. The minimum atomic E-state index is -1.05. The molecular weight excluding hydrogens is 427 g/mol. The molecule has 9 nitrogen and oxygen atoms in total. The number of carbonyl (C=O) groups excluding carboxylic acids is 2. The number of aromatic amines is 1. The molecule has 3 N–H and O–H groups in total. The van der Waals surface area contributed by atoms with Gasteiger partial charge in [0.1, 0.15) is 17.6 Å². The molecule has 0 aliphatic rings. The zero-order valence-corrected chi connectivity index (χ0v) is 17.8. The van der Waals surface area contributed by atoms with Crippen LogP contribution in [0.2, 0.25) is 0 Å². The predicted molar refractivity (Wildman–Crippen MR) is 113 cm³/mol. The van der Waals surface area contributed by atoms with Gasteiger partial charge in [0.2, 0.25) is 11.8 Å². The number of halogens is 1. The van der Waals surface area contributed by atoms with Crippen LogP contribution in [-0.4, -0.2) is 38.6 Å². The molecule has 11 heteroatoms. The number of hydrogen-bond donors (Lipinski definition) is 3. The Morgan fingerprint density at radius 2 is 2.00 bits per heavy atom. The van der Waals surface area contributed by atoms with Gasteiger partial charge in [-0.25, -0.2) is 19.0 Å². The molecule has 0 saturated heterocycles. The van der Waals surface area contributed by atoms with Crippen molar-refractivity contribution in [3.8, 4) is 17.1 Å². The molecule has 1 atom stereocenters. The van der Waals surface area contributed by atoms with Crippen molar-refractivity contribution in [2.24, 2.45) is 5.92 Å². The Morgan fingerprint density at radius 1 is 1.32 bits per heavy atom. The number of esters is 1. The average Bonchev–Trinajstić information content (AvgIpc) is 3.30. The van der Waals surface area contributed by atoms with Crippen molar-refractivity contribution < 1.29 is 23.8 Å². The Morgan fingerprint density at radius 3 is 2.61 bits per heavy atom. The second-order valence-corrected chi connectivity index (χ2v) is 8.03. The Labute approximate surface area is 180 Å². The summed E-state index contributed by atoms with van der Waals surface area (Å²) in [6.45, 7) is 3.74. The number of nitrogens with zero attached hydrogens (tertiary/aromatic N) is 2. The van der Waals surface area contributed by atoms with Crippen molar-refractivity contribution >= 4 is 28.3 Å². The maximum absolute atomic E-state index is 13.2. The van der Waals surface area contributed by atoms with E-state index in [1.807, 2.05) is 13.8 Å². The standard InChI is InChI=1S/C20H21FN4O5S/c1-10(2)8-14(16(26)24-19-22-13(9-31-19)18(28)30-3)25-17(27)15(23-20(25)29)11-4-6-12(21)7-5-11/h4-7,9-10,14,27H,8H2,1-3H3,(H,23,29)(H,22,24,26)/t14-/m0/s1. The Hall–Kier alpha value is -3.47. The number of anilines is 1. The molecule has 0 bridgehead atoms. The van der Waals surface area contributed by atoms with Crippen molar-refractivity contribution in [1.29, 1.82) is 0 Å². The molecule has 164 valence electrons.